The van der Waals surface area contributed by atoms with Crippen LogP contribution in [0.5, 0.6) is 0 Å². The summed E-state index contributed by atoms with van der Waals surface area (Å²) in [5.41, 5.74) is 0.325. The standard InChI is InChI=1S/C11H12N4O/c12-5-10-6-14-11(7-13-10)15-3-1-9(8-16)2-4-15/h6-9H,1-4H2. The summed E-state index contributed by atoms with van der Waals surface area (Å²) in [6.07, 6.45) is 5.85. The van der Waals surface area contributed by atoms with Crippen molar-refractivity contribution in [2.24, 2.45) is 5.92 Å². The van der Waals surface area contributed by atoms with Crippen molar-refractivity contribution in [1.82, 2.24) is 9.97 Å². The predicted molar refractivity (Wildman–Crippen MR) is 57.7 cm³/mol. The lowest BCUT2D eigenvalue weighted by molar-refractivity contribution is -0.111. The second kappa shape index (κ2) is 4.71. The molecule has 0 bridgehead atoms. The normalized spacial score (nSPS) is 16.8. The molecule has 1 aromatic heterocycles. The number of anilines is 1. The van der Waals surface area contributed by atoms with Gasteiger partial charge in [-0.15, -0.1) is 0 Å². The van der Waals surface area contributed by atoms with Crippen molar-refractivity contribution in [3.8, 4) is 6.07 Å². The van der Waals surface area contributed by atoms with Crippen LogP contribution in [-0.2, 0) is 4.79 Å². The fraction of sp³-hybridized carbons (Fsp3) is 0.455. The van der Waals surface area contributed by atoms with Crippen molar-refractivity contribution >= 4 is 12.1 Å². The van der Waals surface area contributed by atoms with Crippen LogP contribution in [0.2, 0.25) is 0 Å². The Kier molecular flexibility index (Phi) is 3.10. The summed E-state index contributed by atoms with van der Waals surface area (Å²) in [4.78, 5) is 20.8. The van der Waals surface area contributed by atoms with Crippen LogP contribution >= 0.6 is 0 Å². The number of nitrogens with zero attached hydrogens (tertiary/aromatic N) is 4. The molecule has 1 aliphatic heterocycles. The highest BCUT2D eigenvalue weighted by Gasteiger charge is 2.19. The van der Waals surface area contributed by atoms with Crippen LogP contribution < -0.4 is 4.90 Å². The van der Waals surface area contributed by atoms with Crippen LogP contribution in [0.4, 0.5) is 5.82 Å². The number of nitriles is 1. The van der Waals surface area contributed by atoms with Crippen molar-refractivity contribution in [1.29, 1.82) is 5.26 Å². The zero-order valence-corrected chi connectivity index (χ0v) is 8.83. The maximum atomic E-state index is 10.6. The Labute approximate surface area is 93.7 Å². The van der Waals surface area contributed by atoms with Gasteiger partial charge in [0.15, 0.2) is 5.69 Å². The number of carbonyl (C=O) groups is 1. The minimum atomic E-state index is 0.183. The van der Waals surface area contributed by atoms with E-state index in [1.807, 2.05) is 6.07 Å². The fourth-order valence-corrected chi connectivity index (χ4v) is 1.81. The molecule has 0 spiro atoms. The van der Waals surface area contributed by atoms with Crippen LogP contribution in [0.1, 0.15) is 18.5 Å². The molecule has 2 rings (SSSR count). The summed E-state index contributed by atoms with van der Waals surface area (Å²) < 4.78 is 0. The number of piperidine rings is 1. The summed E-state index contributed by atoms with van der Waals surface area (Å²) in [5.74, 6) is 0.964. The average Bonchev–Trinajstić information content (AvgIpc) is 2.39. The van der Waals surface area contributed by atoms with Gasteiger partial charge in [0.25, 0.3) is 0 Å². The van der Waals surface area contributed by atoms with E-state index in [1.54, 1.807) is 6.20 Å². The van der Waals surface area contributed by atoms with E-state index in [9.17, 15) is 4.79 Å². The molecule has 0 amide bonds. The monoisotopic (exact) mass is 216 g/mol. The molecule has 0 atom stereocenters. The number of carbonyl (C=O) groups excluding carboxylic acids is 1. The van der Waals surface area contributed by atoms with Crippen LogP contribution in [0.3, 0.4) is 0 Å². The number of aldehydes is 1. The molecule has 16 heavy (non-hydrogen) atoms. The second-order valence-electron chi connectivity index (χ2n) is 3.83. The quantitative estimate of drug-likeness (QED) is 0.683. The van der Waals surface area contributed by atoms with Crippen LogP contribution in [0.15, 0.2) is 12.4 Å². The summed E-state index contributed by atoms with van der Waals surface area (Å²) in [7, 11) is 0. The van der Waals surface area contributed by atoms with E-state index in [4.69, 9.17) is 5.26 Å². The Hall–Kier alpha value is -1.96. The van der Waals surface area contributed by atoms with Gasteiger partial charge in [-0.1, -0.05) is 0 Å². The third kappa shape index (κ3) is 2.16. The molecule has 1 saturated heterocycles. The van der Waals surface area contributed by atoms with Gasteiger partial charge < -0.3 is 9.69 Å². The van der Waals surface area contributed by atoms with Crippen molar-refractivity contribution in [2.75, 3.05) is 18.0 Å². The van der Waals surface area contributed by atoms with Gasteiger partial charge in [0.1, 0.15) is 18.2 Å². The van der Waals surface area contributed by atoms with Gasteiger partial charge in [0.05, 0.1) is 12.4 Å². The van der Waals surface area contributed by atoms with Crippen LogP contribution in [-0.4, -0.2) is 29.3 Å². The highest BCUT2D eigenvalue weighted by Crippen LogP contribution is 2.19. The van der Waals surface area contributed by atoms with E-state index in [0.29, 0.717) is 5.69 Å². The Morgan fingerprint density at radius 3 is 2.62 bits per heavy atom. The first kappa shape index (κ1) is 10.6. The number of hydrogen-bond acceptors (Lipinski definition) is 5. The topological polar surface area (TPSA) is 69.9 Å². The lowest BCUT2D eigenvalue weighted by Crippen LogP contribution is -2.34. The molecule has 5 heteroatoms. The maximum Gasteiger partial charge on any atom is 0.158 e. The Morgan fingerprint density at radius 2 is 2.12 bits per heavy atom. The first-order chi connectivity index (χ1) is 7.83. The zero-order valence-electron chi connectivity index (χ0n) is 8.83. The molecule has 1 fully saturated rings. The van der Waals surface area contributed by atoms with E-state index in [-0.39, 0.29) is 5.92 Å². The van der Waals surface area contributed by atoms with E-state index in [0.717, 1.165) is 38.0 Å². The average molecular weight is 216 g/mol. The van der Waals surface area contributed by atoms with E-state index in [2.05, 4.69) is 14.9 Å². The number of aromatic nitrogens is 2. The first-order valence-corrected chi connectivity index (χ1v) is 5.26. The summed E-state index contributed by atoms with van der Waals surface area (Å²) in [5, 5.41) is 8.60. The summed E-state index contributed by atoms with van der Waals surface area (Å²) in [6.45, 7) is 1.65. The lowest BCUT2D eigenvalue weighted by Gasteiger charge is -2.30. The van der Waals surface area contributed by atoms with Gasteiger partial charge in [-0.3, -0.25) is 0 Å². The Balaban J connectivity index is 2.03. The zero-order chi connectivity index (χ0) is 11.4. The Morgan fingerprint density at radius 1 is 1.38 bits per heavy atom. The third-order valence-electron chi connectivity index (χ3n) is 2.81. The molecule has 0 aromatic carbocycles. The maximum absolute atomic E-state index is 10.6. The van der Waals surface area contributed by atoms with Crippen molar-refractivity contribution < 1.29 is 4.79 Å². The van der Waals surface area contributed by atoms with Gasteiger partial charge in [0.2, 0.25) is 0 Å². The fourth-order valence-electron chi connectivity index (χ4n) is 1.81. The van der Waals surface area contributed by atoms with Gasteiger partial charge in [-0.25, -0.2) is 9.97 Å². The molecule has 0 unspecified atom stereocenters. The molecule has 0 N–H and O–H groups in total. The number of rotatable bonds is 2. The van der Waals surface area contributed by atoms with E-state index in [1.165, 1.54) is 6.20 Å². The molecular formula is C11H12N4O. The molecule has 0 aliphatic carbocycles. The van der Waals surface area contributed by atoms with Gasteiger partial charge >= 0.3 is 0 Å². The van der Waals surface area contributed by atoms with Crippen molar-refractivity contribution in [3.63, 3.8) is 0 Å². The predicted octanol–water partition coefficient (Wildman–Crippen LogP) is 0.764. The van der Waals surface area contributed by atoms with E-state index >= 15 is 0 Å². The van der Waals surface area contributed by atoms with E-state index < -0.39 is 0 Å². The highest BCUT2D eigenvalue weighted by atomic mass is 16.1. The van der Waals surface area contributed by atoms with Crippen LogP contribution in [0, 0.1) is 17.2 Å². The molecular weight excluding hydrogens is 204 g/mol. The molecule has 1 aliphatic rings. The smallest absolute Gasteiger partial charge is 0.158 e. The van der Waals surface area contributed by atoms with Gasteiger partial charge in [-0.2, -0.15) is 5.26 Å². The van der Waals surface area contributed by atoms with Crippen LogP contribution in [0.25, 0.3) is 0 Å². The molecule has 1 aromatic rings. The Bertz CT molecular complexity index is 401. The van der Waals surface area contributed by atoms with Crippen molar-refractivity contribution in [3.05, 3.63) is 18.1 Å². The molecule has 82 valence electrons. The van der Waals surface area contributed by atoms with Gasteiger partial charge in [-0.05, 0) is 12.8 Å². The lowest BCUT2D eigenvalue weighted by atomic mass is 9.99. The minimum absolute atomic E-state index is 0.183. The molecule has 0 saturated carbocycles. The summed E-state index contributed by atoms with van der Waals surface area (Å²) in [6, 6.07) is 1.93. The molecule has 2 heterocycles. The first-order valence-electron chi connectivity index (χ1n) is 5.26. The second-order valence-corrected chi connectivity index (χ2v) is 3.83. The molecule has 0 radical (unpaired) electrons. The van der Waals surface area contributed by atoms with Gasteiger partial charge in [0, 0.05) is 19.0 Å². The van der Waals surface area contributed by atoms with Crippen molar-refractivity contribution in [2.45, 2.75) is 12.8 Å². The largest absolute Gasteiger partial charge is 0.355 e. The third-order valence-corrected chi connectivity index (χ3v) is 2.81. The SMILES string of the molecule is N#Cc1cnc(N2CCC(C=O)CC2)cn1. The molecule has 5 nitrogen and oxygen atoms in total. The minimum Gasteiger partial charge on any atom is -0.355 e. The number of hydrogen-bond donors (Lipinski definition) is 0. The summed E-state index contributed by atoms with van der Waals surface area (Å²) >= 11 is 0. The highest BCUT2D eigenvalue weighted by molar-refractivity contribution is 5.54.